The van der Waals surface area contributed by atoms with E-state index in [2.05, 4.69) is 15.8 Å². The van der Waals surface area contributed by atoms with Gasteiger partial charge in [-0.15, -0.1) is 4.91 Å². The zero-order chi connectivity index (χ0) is 14.4. The topological polar surface area (TPSA) is 108 Å². The van der Waals surface area contributed by atoms with E-state index < -0.39 is 17.4 Å². The first-order chi connectivity index (χ1) is 8.99. The predicted molar refractivity (Wildman–Crippen MR) is 69.6 cm³/mol. The van der Waals surface area contributed by atoms with Crippen LogP contribution in [0.3, 0.4) is 0 Å². The molecule has 0 aliphatic rings. The lowest BCUT2D eigenvalue weighted by Gasteiger charge is -2.06. The predicted octanol–water partition coefficient (Wildman–Crippen LogP) is 1.54. The van der Waals surface area contributed by atoms with E-state index in [9.17, 15) is 14.5 Å². The number of anilines is 1. The lowest BCUT2D eigenvalue weighted by atomic mass is 10.2. The van der Waals surface area contributed by atoms with Crippen molar-refractivity contribution in [1.82, 2.24) is 5.32 Å². The summed E-state index contributed by atoms with van der Waals surface area (Å²) in [5.74, 6) is -1.63. The maximum absolute atomic E-state index is 11.6. The standard InChI is InChI=1S/C12H13N3O4/c1-7(16)10(15-19)12(18)14-9-5-3-4-8(6-9)11(17)13-2/h3-6,16H,1-2H3,(H,13,17)(H,14,18). The third-order valence-corrected chi connectivity index (χ3v) is 2.26. The van der Waals surface area contributed by atoms with Crippen molar-refractivity contribution in [3.63, 3.8) is 0 Å². The summed E-state index contributed by atoms with van der Waals surface area (Å²) in [6.45, 7) is 1.18. The zero-order valence-corrected chi connectivity index (χ0v) is 10.4. The first-order valence-corrected chi connectivity index (χ1v) is 5.36. The Morgan fingerprint density at radius 1 is 1.32 bits per heavy atom. The van der Waals surface area contributed by atoms with Crippen LogP contribution in [0.2, 0.25) is 0 Å². The molecule has 7 nitrogen and oxygen atoms in total. The smallest absolute Gasteiger partial charge is 0.281 e. The van der Waals surface area contributed by atoms with Crippen LogP contribution in [0.1, 0.15) is 17.3 Å². The summed E-state index contributed by atoms with van der Waals surface area (Å²) in [6.07, 6.45) is 0. The van der Waals surface area contributed by atoms with Gasteiger partial charge in [0.15, 0.2) is 0 Å². The van der Waals surface area contributed by atoms with E-state index in [-0.39, 0.29) is 5.91 Å². The fourth-order valence-corrected chi connectivity index (χ4v) is 1.34. The molecule has 3 N–H and O–H groups in total. The number of hydrogen-bond acceptors (Lipinski definition) is 5. The number of nitrogens with zero attached hydrogens (tertiary/aromatic N) is 1. The van der Waals surface area contributed by atoms with Crippen molar-refractivity contribution in [2.24, 2.45) is 5.18 Å². The lowest BCUT2D eigenvalue weighted by Crippen LogP contribution is -2.19. The minimum Gasteiger partial charge on any atom is -0.510 e. The van der Waals surface area contributed by atoms with Gasteiger partial charge in [0.1, 0.15) is 5.76 Å². The third kappa shape index (κ3) is 3.63. The molecule has 100 valence electrons. The lowest BCUT2D eigenvalue weighted by molar-refractivity contribution is -0.113. The Hall–Kier alpha value is -2.70. The quantitative estimate of drug-likeness (QED) is 0.435. The SMILES string of the molecule is CNC(=O)c1cccc(NC(=O)C(N=O)=C(C)O)c1. The number of aliphatic hydroxyl groups excluding tert-OH is 1. The summed E-state index contributed by atoms with van der Waals surface area (Å²) < 4.78 is 0. The van der Waals surface area contributed by atoms with Crippen molar-refractivity contribution in [3.05, 3.63) is 46.2 Å². The first-order valence-electron chi connectivity index (χ1n) is 5.36. The molecule has 1 rings (SSSR count). The van der Waals surface area contributed by atoms with E-state index >= 15 is 0 Å². The van der Waals surface area contributed by atoms with Gasteiger partial charge in [-0.05, 0) is 30.3 Å². The summed E-state index contributed by atoms with van der Waals surface area (Å²) in [5, 5.41) is 16.4. The molecule has 0 fully saturated rings. The Balaban J connectivity index is 2.95. The highest BCUT2D eigenvalue weighted by Crippen LogP contribution is 2.13. The molecule has 0 bridgehead atoms. The molecule has 2 amide bonds. The molecule has 0 aliphatic heterocycles. The van der Waals surface area contributed by atoms with Crippen molar-refractivity contribution < 1.29 is 14.7 Å². The molecule has 0 aromatic heterocycles. The number of carbonyl (C=O) groups excluding carboxylic acids is 2. The molecule has 0 atom stereocenters. The van der Waals surface area contributed by atoms with E-state index in [1.165, 1.54) is 20.0 Å². The largest absolute Gasteiger partial charge is 0.510 e. The van der Waals surface area contributed by atoms with E-state index in [0.717, 1.165) is 0 Å². The van der Waals surface area contributed by atoms with E-state index in [0.29, 0.717) is 11.3 Å². The molecule has 1 aromatic rings. The normalized spacial score (nSPS) is 11.3. The van der Waals surface area contributed by atoms with Crippen LogP contribution in [0.25, 0.3) is 0 Å². The average molecular weight is 263 g/mol. The maximum atomic E-state index is 11.6. The molecule has 0 saturated heterocycles. The number of amides is 2. The maximum Gasteiger partial charge on any atom is 0.281 e. The van der Waals surface area contributed by atoms with Gasteiger partial charge in [0, 0.05) is 18.3 Å². The minimum atomic E-state index is -0.843. The monoisotopic (exact) mass is 263 g/mol. The Kier molecular flexibility index (Phi) is 4.76. The summed E-state index contributed by atoms with van der Waals surface area (Å²) in [4.78, 5) is 33.4. The van der Waals surface area contributed by atoms with Crippen molar-refractivity contribution >= 4 is 17.5 Å². The summed E-state index contributed by atoms with van der Waals surface area (Å²) in [7, 11) is 1.49. The fourth-order valence-electron chi connectivity index (χ4n) is 1.34. The number of allylic oxidation sites excluding steroid dienone is 1. The molecule has 0 radical (unpaired) electrons. The zero-order valence-electron chi connectivity index (χ0n) is 10.4. The highest BCUT2D eigenvalue weighted by molar-refractivity contribution is 6.04. The van der Waals surface area contributed by atoms with Gasteiger partial charge in [-0.1, -0.05) is 6.07 Å². The van der Waals surface area contributed by atoms with Gasteiger partial charge >= 0.3 is 0 Å². The highest BCUT2D eigenvalue weighted by Gasteiger charge is 2.14. The van der Waals surface area contributed by atoms with Gasteiger partial charge in [-0.25, -0.2) is 0 Å². The van der Waals surface area contributed by atoms with Gasteiger partial charge in [-0.2, -0.15) is 0 Å². The second kappa shape index (κ2) is 6.29. The number of nitroso groups, excluding NO2 is 1. The van der Waals surface area contributed by atoms with E-state index in [1.807, 2.05) is 0 Å². The van der Waals surface area contributed by atoms with Crippen molar-refractivity contribution in [2.45, 2.75) is 6.92 Å². The fraction of sp³-hybridized carbons (Fsp3) is 0.167. The van der Waals surface area contributed by atoms with Crippen LogP contribution in [-0.2, 0) is 4.79 Å². The second-order valence-corrected chi connectivity index (χ2v) is 3.64. The van der Waals surface area contributed by atoms with E-state index in [1.54, 1.807) is 18.2 Å². The third-order valence-electron chi connectivity index (χ3n) is 2.26. The van der Waals surface area contributed by atoms with Crippen molar-refractivity contribution in [1.29, 1.82) is 0 Å². The van der Waals surface area contributed by atoms with Crippen LogP contribution in [0.5, 0.6) is 0 Å². The van der Waals surface area contributed by atoms with E-state index in [4.69, 9.17) is 5.11 Å². The number of rotatable bonds is 4. The van der Waals surface area contributed by atoms with Gasteiger partial charge in [0.05, 0.1) is 0 Å². The Bertz CT molecular complexity index is 548. The first kappa shape index (κ1) is 14.4. The number of hydrogen-bond donors (Lipinski definition) is 3. The number of aliphatic hydroxyl groups is 1. The Morgan fingerprint density at radius 3 is 2.53 bits per heavy atom. The van der Waals surface area contributed by atoms with Gasteiger partial charge in [0.2, 0.25) is 5.70 Å². The average Bonchev–Trinajstić information content (AvgIpc) is 2.38. The number of nitrogens with one attached hydrogen (secondary N) is 2. The molecular weight excluding hydrogens is 250 g/mol. The molecule has 0 unspecified atom stereocenters. The molecule has 19 heavy (non-hydrogen) atoms. The van der Waals surface area contributed by atoms with Gasteiger partial charge < -0.3 is 15.7 Å². The molecule has 0 saturated carbocycles. The second-order valence-electron chi connectivity index (χ2n) is 3.64. The molecular formula is C12H13N3O4. The van der Waals surface area contributed by atoms with Gasteiger partial charge in [-0.3, -0.25) is 9.59 Å². The highest BCUT2D eigenvalue weighted by atomic mass is 16.3. The van der Waals surface area contributed by atoms with Crippen LogP contribution < -0.4 is 10.6 Å². The molecule has 0 aliphatic carbocycles. The van der Waals surface area contributed by atoms with Crippen LogP contribution in [0, 0.1) is 4.91 Å². The van der Waals surface area contributed by atoms with Crippen LogP contribution in [0.4, 0.5) is 5.69 Å². The van der Waals surface area contributed by atoms with Crippen LogP contribution in [-0.4, -0.2) is 24.0 Å². The van der Waals surface area contributed by atoms with Crippen LogP contribution >= 0.6 is 0 Å². The molecule has 0 spiro atoms. The van der Waals surface area contributed by atoms with Crippen LogP contribution in [0.15, 0.2) is 40.9 Å². The van der Waals surface area contributed by atoms with Crippen molar-refractivity contribution in [3.8, 4) is 0 Å². The van der Waals surface area contributed by atoms with Crippen molar-refractivity contribution in [2.75, 3.05) is 12.4 Å². The Morgan fingerprint density at radius 2 is 2.00 bits per heavy atom. The molecule has 1 aromatic carbocycles. The summed E-state index contributed by atoms with van der Waals surface area (Å²) in [6, 6.07) is 6.12. The number of carbonyl (C=O) groups is 2. The molecule has 7 heteroatoms. The number of benzene rings is 1. The summed E-state index contributed by atoms with van der Waals surface area (Å²) in [5.41, 5.74) is 0.0597. The summed E-state index contributed by atoms with van der Waals surface area (Å²) >= 11 is 0. The van der Waals surface area contributed by atoms with Gasteiger partial charge in [0.25, 0.3) is 11.8 Å². The Labute approximate surface area is 109 Å². The molecule has 0 heterocycles. The minimum absolute atomic E-state index is 0.307.